The van der Waals surface area contributed by atoms with Crippen molar-refractivity contribution in [3.05, 3.63) is 0 Å². The Hall–Kier alpha value is -0.570. The van der Waals surface area contributed by atoms with Gasteiger partial charge in [0.15, 0.2) is 0 Å². The van der Waals surface area contributed by atoms with Crippen LogP contribution in [0.3, 0.4) is 0 Å². The largest absolute Gasteiger partial charge is 0.466 e. The molecule has 0 rings (SSSR count). The summed E-state index contributed by atoms with van der Waals surface area (Å²) in [5.41, 5.74) is 0. The number of hydrogen-bond donors (Lipinski definition) is 0. The quantitative estimate of drug-likeness (QED) is 0.156. The van der Waals surface area contributed by atoms with Gasteiger partial charge in [0.2, 0.25) is 0 Å². The number of nitrogens with zero attached hydrogens (tertiary/aromatic N) is 1. The molecule has 0 aromatic rings. The van der Waals surface area contributed by atoms with Crippen molar-refractivity contribution in [3.8, 4) is 0 Å². The van der Waals surface area contributed by atoms with Crippen LogP contribution in [0.15, 0.2) is 0 Å². The molecular weight excluding hydrogens is 334 g/mol. The highest BCUT2D eigenvalue weighted by atomic mass is 16.5. The van der Waals surface area contributed by atoms with E-state index in [9.17, 15) is 4.79 Å². The third-order valence-corrected chi connectivity index (χ3v) is 5.51. The van der Waals surface area contributed by atoms with Gasteiger partial charge in [-0.05, 0) is 38.9 Å². The van der Waals surface area contributed by atoms with Gasteiger partial charge in [0.25, 0.3) is 0 Å². The van der Waals surface area contributed by atoms with E-state index in [0.29, 0.717) is 13.0 Å². The van der Waals surface area contributed by atoms with Crippen LogP contribution in [-0.2, 0) is 9.53 Å². The number of unbranched alkanes of at least 4 members (excludes halogenated alkanes) is 13. The average Bonchev–Trinajstić information content (AvgIpc) is 2.68. The van der Waals surface area contributed by atoms with E-state index in [4.69, 9.17) is 4.74 Å². The molecule has 0 saturated heterocycles. The highest BCUT2D eigenvalue weighted by Crippen LogP contribution is 2.12. The molecule has 0 aliphatic heterocycles. The molecule has 0 spiro atoms. The molecule has 0 aromatic carbocycles. The molecule has 27 heavy (non-hydrogen) atoms. The zero-order chi connectivity index (χ0) is 20.0. The maximum atomic E-state index is 11.7. The molecule has 3 nitrogen and oxygen atoms in total. The number of rotatable bonds is 21. The Labute approximate surface area is 170 Å². The van der Waals surface area contributed by atoms with Crippen molar-refractivity contribution in [2.75, 3.05) is 26.2 Å². The first-order chi connectivity index (χ1) is 13.2. The normalized spacial score (nSPS) is 11.3. The van der Waals surface area contributed by atoms with Crippen molar-refractivity contribution in [1.82, 2.24) is 4.90 Å². The van der Waals surface area contributed by atoms with Gasteiger partial charge in [0.1, 0.15) is 0 Å². The van der Waals surface area contributed by atoms with Gasteiger partial charge >= 0.3 is 5.97 Å². The lowest BCUT2D eigenvalue weighted by molar-refractivity contribution is -0.143. The SMILES string of the molecule is CCCCCCCCCCCCCCCOC(=O)CCCCN(CC)CC. The zero-order valence-corrected chi connectivity index (χ0v) is 18.9. The number of esters is 1. The Kier molecular flexibility index (Phi) is 21.3. The molecule has 0 amide bonds. The molecule has 0 atom stereocenters. The summed E-state index contributed by atoms with van der Waals surface area (Å²) in [5, 5.41) is 0. The van der Waals surface area contributed by atoms with Gasteiger partial charge in [-0.25, -0.2) is 0 Å². The van der Waals surface area contributed by atoms with E-state index in [1.54, 1.807) is 0 Å². The highest BCUT2D eigenvalue weighted by Gasteiger charge is 2.04. The third kappa shape index (κ3) is 20.0. The summed E-state index contributed by atoms with van der Waals surface area (Å²) in [6, 6.07) is 0. The van der Waals surface area contributed by atoms with Crippen LogP contribution in [0.2, 0.25) is 0 Å². The minimum Gasteiger partial charge on any atom is -0.466 e. The fourth-order valence-corrected chi connectivity index (χ4v) is 3.52. The lowest BCUT2D eigenvalue weighted by Gasteiger charge is -2.17. The van der Waals surface area contributed by atoms with Crippen molar-refractivity contribution in [2.45, 2.75) is 124 Å². The van der Waals surface area contributed by atoms with Crippen molar-refractivity contribution in [3.63, 3.8) is 0 Å². The first-order valence-corrected chi connectivity index (χ1v) is 12.1. The fourth-order valence-electron chi connectivity index (χ4n) is 3.52. The van der Waals surface area contributed by atoms with Gasteiger partial charge in [-0.3, -0.25) is 4.79 Å². The van der Waals surface area contributed by atoms with Crippen molar-refractivity contribution >= 4 is 5.97 Å². The fraction of sp³-hybridized carbons (Fsp3) is 0.958. The van der Waals surface area contributed by atoms with E-state index >= 15 is 0 Å². The summed E-state index contributed by atoms with van der Waals surface area (Å²) in [5.74, 6) is -0.00603. The van der Waals surface area contributed by atoms with Crippen molar-refractivity contribution < 1.29 is 9.53 Å². The van der Waals surface area contributed by atoms with Crippen LogP contribution in [0.4, 0.5) is 0 Å². The van der Waals surface area contributed by atoms with Crippen LogP contribution in [0.25, 0.3) is 0 Å². The van der Waals surface area contributed by atoms with E-state index in [1.165, 1.54) is 77.0 Å². The third-order valence-electron chi connectivity index (χ3n) is 5.51. The first-order valence-electron chi connectivity index (χ1n) is 12.1. The maximum absolute atomic E-state index is 11.7. The summed E-state index contributed by atoms with van der Waals surface area (Å²) < 4.78 is 5.35. The lowest BCUT2D eigenvalue weighted by Crippen LogP contribution is -2.24. The van der Waals surface area contributed by atoms with Crippen LogP contribution in [-0.4, -0.2) is 37.1 Å². The minimum absolute atomic E-state index is 0.00603. The first kappa shape index (κ1) is 26.4. The summed E-state index contributed by atoms with van der Waals surface area (Å²) in [6.45, 7) is 10.6. The molecule has 0 aromatic heterocycles. The number of hydrogen-bond acceptors (Lipinski definition) is 3. The molecule has 0 N–H and O–H groups in total. The second-order valence-electron chi connectivity index (χ2n) is 7.95. The van der Waals surface area contributed by atoms with Gasteiger partial charge in [-0.15, -0.1) is 0 Å². The molecule has 162 valence electrons. The smallest absolute Gasteiger partial charge is 0.305 e. The Bertz CT molecular complexity index is 303. The molecule has 0 aliphatic rings. The monoisotopic (exact) mass is 383 g/mol. The average molecular weight is 384 g/mol. The van der Waals surface area contributed by atoms with E-state index in [-0.39, 0.29) is 5.97 Å². The van der Waals surface area contributed by atoms with Crippen LogP contribution in [0.1, 0.15) is 124 Å². The van der Waals surface area contributed by atoms with E-state index in [1.807, 2.05) is 0 Å². The summed E-state index contributed by atoms with van der Waals surface area (Å²) in [6.07, 6.45) is 20.2. The van der Waals surface area contributed by atoms with E-state index < -0.39 is 0 Å². The van der Waals surface area contributed by atoms with Crippen LogP contribution >= 0.6 is 0 Å². The van der Waals surface area contributed by atoms with Gasteiger partial charge in [-0.2, -0.15) is 0 Å². The lowest BCUT2D eigenvalue weighted by atomic mass is 10.0. The Balaban J connectivity index is 3.20. The van der Waals surface area contributed by atoms with Gasteiger partial charge in [0, 0.05) is 6.42 Å². The molecule has 0 unspecified atom stereocenters. The second kappa shape index (κ2) is 21.7. The number of carbonyl (C=O) groups is 1. The zero-order valence-electron chi connectivity index (χ0n) is 18.9. The van der Waals surface area contributed by atoms with Crippen LogP contribution in [0, 0.1) is 0 Å². The molecule has 0 bridgehead atoms. The van der Waals surface area contributed by atoms with Crippen molar-refractivity contribution in [1.29, 1.82) is 0 Å². The predicted octanol–water partition coefficient (Wildman–Crippen LogP) is 7.13. The second-order valence-corrected chi connectivity index (χ2v) is 7.95. The van der Waals surface area contributed by atoms with E-state index in [0.717, 1.165) is 38.9 Å². The predicted molar refractivity (Wildman–Crippen MR) is 118 cm³/mol. The molecule has 0 heterocycles. The van der Waals surface area contributed by atoms with Crippen LogP contribution < -0.4 is 0 Å². The Morgan fingerprint density at radius 1 is 0.630 bits per heavy atom. The molecule has 0 radical (unpaired) electrons. The molecule has 0 aliphatic carbocycles. The number of ether oxygens (including phenoxy) is 1. The summed E-state index contributed by atoms with van der Waals surface area (Å²) in [7, 11) is 0. The maximum Gasteiger partial charge on any atom is 0.305 e. The Morgan fingerprint density at radius 2 is 1.11 bits per heavy atom. The van der Waals surface area contributed by atoms with Gasteiger partial charge in [0.05, 0.1) is 6.61 Å². The Morgan fingerprint density at radius 3 is 1.59 bits per heavy atom. The van der Waals surface area contributed by atoms with Crippen LogP contribution in [0.5, 0.6) is 0 Å². The topological polar surface area (TPSA) is 29.5 Å². The standard InChI is InChI=1S/C24H49NO2/c1-4-7-8-9-10-11-12-13-14-15-16-17-20-23-27-24(26)21-18-19-22-25(5-2)6-3/h4-23H2,1-3H3. The summed E-state index contributed by atoms with van der Waals surface area (Å²) in [4.78, 5) is 14.1. The number of carbonyl (C=O) groups excluding carboxylic acids is 1. The minimum atomic E-state index is -0.00603. The molecule has 3 heteroatoms. The molecular formula is C24H49NO2. The van der Waals surface area contributed by atoms with Crippen molar-refractivity contribution in [2.24, 2.45) is 0 Å². The highest BCUT2D eigenvalue weighted by molar-refractivity contribution is 5.69. The van der Waals surface area contributed by atoms with Gasteiger partial charge < -0.3 is 9.64 Å². The molecule has 0 fully saturated rings. The summed E-state index contributed by atoms with van der Waals surface area (Å²) >= 11 is 0. The molecule has 0 saturated carbocycles. The van der Waals surface area contributed by atoms with E-state index in [2.05, 4.69) is 25.7 Å². The van der Waals surface area contributed by atoms with Gasteiger partial charge in [-0.1, -0.05) is 97.8 Å².